The molecule has 0 aromatic rings. The largest absolute Gasteiger partial charge is 2.00 e. The van der Waals surface area contributed by atoms with Crippen molar-refractivity contribution in [2.24, 2.45) is 11.5 Å². The molecule has 0 aromatic heterocycles. The summed E-state index contributed by atoms with van der Waals surface area (Å²) in [5.41, 5.74) is 10.5. The number of carbonyl (C=O) groups is 2. The maximum atomic E-state index is 11.1. The molecule has 4 N–H and O–H groups in total. The van der Waals surface area contributed by atoms with Crippen molar-refractivity contribution in [3.05, 3.63) is 0 Å². The molecular formula is C14H28CoN4O5+2. The Kier molecular flexibility index (Phi) is 14.1. The van der Waals surface area contributed by atoms with E-state index in [1.165, 1.54) is 0 Å². The Labute approximate surface area is 153 Å². The van der Waals surface area contributed by atoms with Gasteiger partial charge in [-0.2, -0.15) is 0 Å². The van der Waals surface area contributed by atoms with Gasteiger partial charge in [0, 0.05) is 26.2 Å². The van der Waals surface area contributed by atoms with Gasteiger partial charge in [0.15, 0.2) is 0 Å². The third kappa shape index (κ3) is 12.6. The molecule has 0 atom stereocenters. The van der Waals surface area contributed by atoms with E-state index in [9.17, 15) is 9.59 Å². The van der Waals surface area contributed by atoms with E-state index in [1.807, 2.05) is 9.80 Å². The van der Waals surface area contributed by atoms with Gasteiger partial charge >= 0.3 is 16.8 Å². The average Bonchev–Trinajstić information content (AvgIpc) is 2.47. The Hall–Kier alpha value is -0.754. The minimum absolute atomic E-state index is 0. The third-order valence-electron chi connectivity index (χ3n) is 3.34. The molecule has 1 aliphatic rings. The predicted octanol–water partition coefficient (Wildman–Crippen LogP) is -2.38. The second-order valence-corrected chi connectivity index (χ2v) is 5.32. The standard InChI is InChI=1S/C14H28N4O5.Co/c15-13(19)11-17-1-5-21-6-2-18(12-14(16)20)4-8-23-10-9-22-7-3-17;/h1-12H2,(H2,15,19)(H2,16,20);/q;+2. The quantitative estimate of drug-likeness (QED) is 0.549. The summed E-state index contributed by atoms with van der Waals surface area (Å²) in [5, 5.41) is 0. The van der Waals surface area contributed by atoms with Crippen molar-refractivity contribution >= 4 is 11.8 Å². The van der Waals surface area contributed by atoms with Crippen LogP contribution in [0.2, 0.25) is 0 Å². The van der Waals surface area contributed by atoms with E-state index in [1.54, 1.807) is 0 Å². The van der Waals surface area contributed by atoms with Gasteiger partial charge in [0.25, 0.3) is 0 Å². The Morgan fingerprint density at radius 3 is 1.25 bits per heavy atom. The topological polar surface area (TPSA) is 120 Å². The van der Waals surface area contributed by atoms with Crippen molar-refractivity contribution in [3.63, 3.8) is 0 Å². The summed E-state index contributed by atoms with van der Waals surface area (Å²) >= 11 is 0. The smallest absolute Gasteiger partial charge is 0.379 e. The number of nitrogens with zero attached hydrogens (tertiary/aromatic N) is 2. The van der Waals surface area contributed by atoms with Crippen LogP contribution in [0.15, 0.2) is 0 Å². The monoisotopic (exact) mass is 391 g/mol. The zero-order chi connectivity index (χ0) is 16.9. The van der Waals surface area contributed by atoms with Crippen LogP contribution in [-0.2, 0) is 40.6 Å². The van der Waals surface area contributed by atoms with Gasteiger partial charge in [0.1, 0.15) is 0 Å². The van der Waals surface area contributed by atoms with Gasteiger partial charge in [0.05, 0.1) is 52.7 Å². The van der Waals surface area contributed by atoms with E-state index in [-0.39, 0.29) is 41.7 Å². The summed E-state index contributed by atoms with van der Waals surface area (Å²) in [5.74, 6) is -0.752. The van der Waals surface area contributed by atoms with E-state index in [0.717, 1.165) is 0 Å². The van der Waals surface area contributed by atoms with Crippen LogP contribution in [0, 0.1) is 0 Å². The number of ether oxygens (including phenoxy) is 3. The Bertz CT molecular complexity index is 330. The number of primary amides is 2. The van der Waals surface area contributed by atoms with Gasteiger partial charge < -0.3 is 25.7 Å². The summed E-state index contributed by atoms with van der Waals surface area (Å²) in [6, 6.07) is 0. The van der Waals surface area contributed by atoms with Crippen molar-refractivity contribution < 1.29 is 40.6 Å². The second-order valence-electron chi connectivity index (χ2n) is 5.32. The Morgan fingerprint density at radius 2 is 0.958 bits per heavy atom. The number of hydrogen-bond acceptors (Lipinski definition) is 7. The number of amides is 2. The van der Waals surface area contributed by atoms with Gasteiger partial charge in [-0.3, -0.25) is 19.4 Å². The van der Waals surface area contributed by atoms with E-state index >= 15 is 0 Å². The summed E-state index contributed by atoms with van der Waals surface area (Å²) in [6.45, 7) is 5.70. The van der Waals surface area contributed by atoms with Crippen LogP contribution < -0.4 is 11.5 Å². The molecule has 1 aliphatic heterocycles. The van der Waals surface area contributed by atoms with Gasteiger partial charge in [-0.25, -0.2) is 0 Å². The molecule has 141 valence electrons. The van der Waals surface area contributed by atoms with Gasteiger partial charge in [-0.15, -0.1) is 0 Å². The normalized spacial score (nSPS) is 20.3. The first-order chi connectivity index (χ1) is 11.1. The van der Waals surface area contributed by atoms with Crippen LogP contribution in [0.4, 0.5) is 0 Å². The first-order valence-electron chi connectivity index (χ1n) is 7.82. The van der Waals surface area contributed by atoms with Crippen molar-refractivity contribution in [1.29, 1.82) is 0 Å². The number of carbonyl (C=O) groups excluding carboxylic acids is 2. The average molecular weight is 391 g/mol. The SMILES string of the molecule is NC(=O)CN1CCOCCOCCN(CC(N)=O)CCOCC1.[Co+2]. The van der Waals surface area contributed by atoms with Crippen molar-refractivity contribution in [2.75, 3.05) is 78.9 Å². The third-order valence-corrected chi connectivity index (χ3v) is 3.34. The minimum Gasteiger partial charge on any atom is -0.379 e. The first kappa shape index (κ1) is 23.2. The fraction of sp³-hybridized carbons (Fsp3) is 0.857. The van der Waals surface area contributed by atoms with Crippen LogP contribution in [0.5, 0.6) is 0 Å². The van der Waals surface area contributed by atoms with Crippen molar-refractivity contribution in [1.82, 2.24) is 9.80 Å². The maximum absolute atomic E-state index is 11.1. The van der Waals surface area contributed by atoms with E-state index < -0.39 is 0 Å². The molecule has 0 spiro atoms. The van der Waals surface area contributed by atoms with Crippen LogP contribution in [0.3, 0.4) is 0 Å². The fourth-order valence-electron chi connectivity index (χ4n) is 2.18. The summed E-state index contributed by atoms with van der Waals surface area (Å²) in [7, 11) is 0. The number of nitrogens with two attached hydrogens (primary N) is 2. The molecule has 0 saturated carbocycles. The Morgan fingerprint density at radius 1 is 0.667 bits per heavy atom. The van der Waals surface area contributed by atoms with Crippen molar-refractivity contribution in [2.45, 2.75) is 0 Å². The van der Waals surface area contributed by atoms with Crippen LogP contribution in [0.1, 0.15) is 0 Å². The van der Waals surface area contributed by atoms with E-state index in [0.29, 0.717) is 65.8 Å². The maximum Gasteiger partial charge on any atom is 2.00 e. The molecule has 24 heavy (non-hydrogen) atoms. The summed E-state index contributed by atoms with van der Waals surface area (Å²) in [6.07, 6.45) is 0. The zero-order valence-corrected chi connectivity index (χ0v) is 15.0. The molecule has 0 aliphatic carbocycles. The molecular weight excluding hydrogens is 363 g/mol. The molecule has 2 amide bonds. The van der Waals surface area contributed by atoms with Crippen molar-refractivity contribution in [3.8, 4) is 0 Å². The molecule has 1 radical (unpaired) electrons. The molecule has 1 rings (SSSR count). The fourth-order valence-corrected chi connectivity index (χ4v) is 2.18. The molecule has 1 fully saturated rings. The first-order valence-corrected chi connectivity index (χ1v) is 7.82. The zero-order valence-electron chi connectivity index (χ0n) is 13.9. The number of rotatable bonds is 4. The molecule has 10 heteroatoms. The predicted molar refractivity (Wildman–Crippen MR) is 83.7 cm³/mol. The summed E-state index contributed by atoms with van der Waals surface area (Å²) in [4.78, 5) is 25.9. The van der Waals surface area contributed by atoms with Crippen LogP contribution in [0.25, 0.3) is 0 Å². The van der Waals surface area contributed by atoms with Crippen LogP contribution >= 0.6 is 0 Å². The van der Waals surface area contributed by atoms with E-state index in [2.05, 4.69) is 0 Å². The second kappa shape index (κ2) is 14.6. The molecule has 1 heterocycles. The summed E-state index contributed by atoms with van der Waals surface area (Å²) < 4.78 is 16.5. The molecule has 0 aromatic carbocycles. The van der Waals surface area contributed by atoms with Gasteiger partial charge in [-0.05, 0) is 0 Å². The van der Waals surface area contributed by atoms with Crippen LogP contribution in [-0.4, -0.2) is 101 Å². The molecule has 1 saturated heterocycles. The Balaban J connectivity index is 0.00000529. The number of hydrogen-bond donors (Lipinski definition) is 2. The minimum atomic E-state index is -0.376. The van der Waals surface area contributed by atoms with Gasteiger partial charge in [-0.1, -0.05) is 0 Å². The van der Waals surface area contributed by atoms with E-state index in [4.69, 9.17) is 25.7 Å². The molecule has 9 nitrogen and oxygen atoms in total. The van der Waals surface area contributed by atoms with Gasteiger partial charge in [0.2, 0.25) is 11.8 Å². The molecule has 0 unspecified atom stereocenters. The molecule has 0 bridgehead atoms.